The highest BCUT2D eigenvalue weighted by Gasteiger charge is 2.13. The lowest BCUT2D eigenvalue weighted by molar-refractivity contribution is -0.147. The average Bonchev–Trinajstić information content (AvgIpc) is 3.06. The molecule has 0 aliphatic rings. The Balaban J connectivity index is 1.52. The van der Waals surface area contributed by atoms with Crippen molar-refractivity contribution in [2.45, 2.75) is 26.7 Å². The van der Waals surface area contributed by atoms with Crippen LogP contribution in [0.15, 0.2) is 54.6 Å². The molecule has 0 bridgehead atoms. The zero-order valence-electron chi connectivity index (χ0n) is 16.3. The number of ether oxygens (including phenoxy) is 1. The van der Waals surface area contributed by atoms with E-state index in [1.54, 1.807) is 22.9 Å². The van der Waals surface area contributed by atoms with Gasteiger partial charge in [-0.3, -0.25) is 9.59 Å². The van der Waals surface area contributed by atoms with Crippen LogP contribution in [0.5, 0.6) is 0 Å². The number of aryl methyl sites for hydroxylation is 3. The molecular formula is C22H22FN3O3. The Morgan fingerprint density at radius 3 is 2.45 bits per heavy atom. The average molecular weight is 395 g/mol. The number of hydrogen-bond acceptors (Lipinski definition) is 4. The monoisotopic (exact) mass is 395 g/mol. The number of aromatic nitrogens is 2. The third-order valence-corrected chi connectivity index (χ3v) is 4.27. The molecule has 0 unspecified atom stereocenters. The Labute approximate surface area is 168 Å². The van der Waals surface area contributed by atoms with Gasteiger partial charge in [0.25, 0.3) is 5.91 Å². The number of esters is 1. The molecule has 0 saturated carbocycles. The molecule has 0 aliphatic heterocycles. The van der Waals surface area contributed by atoms with Crippen LogP contribution in [0.1, 0.15) is 23.2 Å². The molecule has 0 radical (unpaired) electrons. The van der Waals surface area contributed by atoms with Crippen LogP contribution in [0.3, 0.4) is 0 Å². The second kappa shape index (κ2) is 9.14. The molecule has 29 heavy (non-hydrogen) atoms. The van der Waals surface area contributed by atoms with E-state index >= 15 is 0 Å². The van der Waals surface area contributed by atoms with Crippen LogP contribution in [0.2, 0.25) is 0 Å². The van der Waals surface area contributed by atoms with Gasteiger partial charge < -0.3 is 10.1 Å². The van der Waals surface area contributed by atoms with Gasteiger partial charge in [-0.1, -0.05) is 29.8 Å². The molecule has 2 aromatic carbocycles. The Bertz CT molecular complexity index is 995. The van der Waals surface area contributed by atoms with E-state index < -0.39 is 11.9 Å². The van der Waals surface area contributed by atoms with Gasteiger partial charge in [0, 0.05) is 12.5 Å². The molecule has 0 fully saturated rings. The molecule has 0 atom stereocenters. The van der Waals surface area contributed by atoms with E-state index in [9.17, 15) is 14.0 Å². The standard InChI is InChI=1S/C22H22FN3O3/c1-15-3-10-19(11-4-15)26-20(13-16(2)25-26)24-21(27)14-29-22(28)12-7-17-5-8-18(23)9-6-17/h3-6,8-11,13H,7,12,14H2,1-2H3,(H,24,27). The Morgan fingerprint density at radius 2 is 1.76 bits per heavy atom. The van der Waals surface area contributed by atoms with Crippen LogP contribution >= 0.6 is 0 Å². The SMILES string of the molecule is Cc1ccc(-n2nc(C)cc2NC(=O)COC(=O)CCc2ccc(F)cc2)cc1. The van der Waals surface area contributed by atoms with E-state index in [4.69, 9.17) is 4.74 Å². The van der Waals surface area contributed by atoms with Gasteiger partial charge in [0.1, 0.15) is 11.6 Å². The van der Waals surface area contributed by atoms with Crippen LogP contribution in [-0.4, -0.2) is 28.3 Å². The molecule has 3 rings (SSSR count). The molecule has 1 aromatic heterocycles. The van der Waals surface area contributed by atoms with Crippen molar-refractivity contribution < 1.29 is 18.7 Å². The molecule has 1 amide bonds. The van der Waals surface area contributed by atoms with Crippen molar-refractivity contribution in [3.63, 3.8) is 0 Å². The molecule has 0 saturated heterocycles. The van der Waals surface area contributed by atoms with Crippen molar-refractivity contribution in [1.82, 2.24) is 9.78 Å². The number of amides is 1. The van der Waals surface area contributed by atoms with Crippen molar-refractivity contribution in [3.8, 4) is 5.69 Å². The summed E-state index contributed by atoms with van der Waals surface area (Å²) in [7, 11) is 0. The molecule has 7 heteroatoms. The zero-order valence-corrected chi connectivity index (χ0v) is 16.3. The van der Waals surface area contributed by atoms with Gasteiger partial charge in [-0.2, -0.15) is 5.10 Å². The Hall–Kier alpha value is -3.48. The van der Waals surface area contributed by atoms with Gasteiger partial charge in [-0.15, -0.1) is 0 Å². The molecular weight excluding hydrogens is 373 g/mol. The summed E-state index contributed by atoms with van der Waals surface area (Å²) in [5.41, 5.74) is 3.51. The maximum atomic E-state index is 12.9. The maximum Gasteiger partial charge on any atom is 0.306 e. The number of nitrogens with one attached hydrogen (secondary N) is 1. The summed E-state index contributed by atoms with van der Waals surface area (Å²) in [5, 5.41) is 7.12. The number of halogens is 1. The summed E-state index contributed by atoms with van der Waals surface area (Å²) in [5.74, 6) is -0.770. The first-order valence-corrected chi connectivity index (χ1v) is 9.24. The fourth-order valence-corrected chi connectivity index (χ4v) is 2.77. The van der Waals surface area contributed by atoms with E-state index in [2.05, 4.69) is 10.4 Å². The van der Waals surface area contributed by atoms with E-state index in [1.165, 1.54) is 12.1 Å². The van der Waals surface area contributed by atoms with Crippen molar-refractivity contribution in [1.29, 1.82) is 0 Å². The molecule has 6 nitrogen and oxygen atoms in total. The fraction of sp³-hybridized carbons (Fsp3) is 0.227. The highest BCUT2D eigenvalue weighted by atomic mass is 19.1. The summed E-state index contributed by atoms with van der Waals surface area (Å²) in [6.45, 7) is 3.43. The molecule has 0 aliphatic carbocycles. The van der Waals surface area contributed by atoms with Crippen molar-refractivity contribution in [2.24, 2.45) is 0 Å². The molecule has 3 aromatic rings. The second-order valence-corrected chi connectivity index (χ2v) is 6.75. The Morgan fingerprint density at radius 1 is 1.07 bits per heavy atom. The topological polar surface area (TPSA) is 73.2 Å². The third-order valence-electron chi connectivity index (χ3n) is 4.27. The Kier molecular flexibility index (Phi) is 6.39. The smallest absolute Gasteiger partial charge is 0.306 e. The van der Waals surface area contributed by atoms with Gasteiger partial charge in [0.2, 0.25) is 0 Å². The highest BCUT2D eigenvalue weighted by molar-refractivity contribution is 5.92. The lowest BCUT2D eigenvalue weighted by Crippen LogP contribution is -2.22. The summed E-state index contributed by atoms with van der Waals surface area (Å²) < 4.78 is 19.6. The number of benzene rings is 2. The maximum absolute atomic E-state index is 12.9. The minimum atomic E-state index is -0.493. The molecule has 0 spiro atoms. The number of nitrogens with zero attached hydrogens (tertiary/aromatic N) is 2. The van der Waals surface area contributed by atoms with Crippen LogP contribution < -0.4 is 5.32 Å². The van der Waals surface area contributed by atoms with Gasteiger partial charge >= 0.3 is 5.97 Å². The molecule has 150 valence electrons. The quantitative estimate of drug-likeness (QED) is 0.619. The number of carbonyl (C=O) groups excluding carboxylic acids is 2. The van der Waals surface area contributed by atoms with Crippen molar-refractivity contribution in [3.05, 3.63) is 77.2 Å². The van der Waals surface area contributed by atoms with Gasteiger partial charge in [-0.05, 0) is 50.1 Å². The minimum absolute atomic E-state index is 0.110. The van der Waals surface area contributed by atoms with Crippen LogP contribution in [-0.2, 0) is 20.7 Å². The van der Waals surface area contributed by atoms with E-state index in [1.807, 2.05) is 38.1 Å². The third kappa shape index (κ3) is 5.75. The second-order valence-electron chi connectivity index (χ2n) is 6.75. The fourth-order valence-electron chi connectivity index (χ4n) is 2.77. The van der Waals surface area contributed by atoms with Crippen LogP contribution in [0.4, 0.5) is 10.2 Å². The molecule has 1 N–H and O–H groups in total. The normalized spacial score (nSPS) is 10.6. The van der Waals surface area contributed by atoms with Gasteiger partial charge in [0.15, 0.2) is 6.61 Å². The lowest BCUT2D eigenvalue weighted by atomic mass is 10.1. The number of rotatable bonds is 7. The minimum Gasteiger partial charge on any atom is -0.456 e. The summed E-state index contributed by atoms with van der Waals surface area (Å²) >= 11 is 0. The first kappa shape index (κ1) is 20.3. The first-order chi connectivity index (χ1) is 13.9. The predicted molar refractivity (Wildman–Crippen MR) is 107 cm³/mol. The first-order valence-electron chi connectivity index (χ1n) is 9.24. The summed E-state index contributed by atoms with van der Waals surface area (Å²) in [6, 6.07) is 15.4. The zero-order chi connectivity index (χ0) is 20.8. The lowest BCUT2D eigenvalue weighted by Gasteiger charge is -2.10. The summed E-state index contributed by atoms with van der Waals surface area (Å²) in [4.78, 5) is 24.1. The summed E-state index contributed by atoms with van der Waals surface area (Å²) in [6.07, 6.45) is 0.527. The number of hydrogen-bond donors (Lipinski definition) is 1. The van der Waals surface area contributed by atoms with Crippen LogP contribution in [0.25, 0.3) is 5.69 Å². The highest BCUT2D eigenvalue weighted by Crippen LogP contribution is 2.17. The van der Waals surface area contributed by atoms with Gasteiger partial charge in [-0.25, -0.2) is 9.07 Å². The predicted octanol–water partition coefficient (Wildman–Crippen LogP) is 3.74. The van der Waals surface area contributed by atoms with Crippen LogP contribution in [0, 0.1) is 19.7 Å². The van der Waals surface area contributed by atoms with Crippen molar-refractivity contribution in [2.75, 3.05) is 11.9 Å². The van der Waals surface area contributed by atoms with Gasteiger partial charge in [0.05, 0.1) is 11.4 Å². The number of carbonyl (C=O) groups is 2. The largest absolute Gasteiger partial charge is 0.456 e. The van der Waals surface area contributed by atoms with Crippen molar-refractivity contribution >= 4 is 17.7 Å². The molecule has 1 heterocycles. The van der Waals surface area contributed by atoms with E-state index in [-0.39, 0.29) is 18.8 Å². The van der Waals surface area contributed by atoms with E-state index in [0.717, 1.165) is 22.5 Å². The van der Waals surface area contributed by atoms with E-state index in [0.29, 0.717) is 12.2 Å². The number of anilines is 1.